The third-order valence-corrected chi connectivity index (χ3v) is 7.39. The first kappa shape index (κ1) is 20.4. The number of hydrogen-bond acceptors (Lipinski definition) is 6. The number of rotatable bonds is 3. The Labute approximate surface area is 184 Å². The van der Waals surface area contributed by atoms with Crippen molar-refractivity contribution in [3.05, 3.63) is 35.9 Å². The van der Waals surface area contributed by atoms with Crippen LogP contribution >= 0.6 is 0 Å². The molecule has 1 aliphatic carbocycles. The fraction of sp³-hybridized carbons (Fsp3) is 0.583. The van der Waals surface area contributed by atoms with Gasteiger partial charge in [0.05, 0.1) is 11.4 Å². The highest BCUT2D eigenvalue weighted by atomic mass is 15.3. The molecule has 0 bridgehead atoms. The van der Waals surface area contributed by atoms with Gasteiger partial charge in [0.2, 0.25) is 5.95 Å². The molecule has 2 fully saturated rings. The highest BCUT2D eigenvalue weighted by Crippen LogP contribution is 2.38. The molecule has 31 heavy (non-hydrogen) atoms. The van der Waals surface area contributed by atoms with Gasteiger partial charge in [-0.2, -0.15) is 5.10 Å². The molecule has 2 saturated heterocycles. The Kier molecular flexibility index (Phi) is 5.38. The minimum Gasteiger partial charge on any atom is -0.341 e. The molecule has 3 aliphatic rings. The zero-order valence-corrected chi connectivity index (χ0v) is 18.8. The lowest BCUT2D eigenvalue weighted by atomic mass is 9.80. The number of aromatic nitrogens is 4. The van der Waals surface area contributed by atoms with Crippen LogP contribution in [0.4, 0.5) is 5.95 Å². The van der Waals surface area contributed by atoms with E-state index in [1.54, 1.807) is 0 Å². The minimum atomic E-state index is 0.181. The Morgan fingerprint density at radius 3 is 2.52 bits per heavy atom. The summed E-state index contributed by atoms with van der Waals surface area (Å²) in [6.45, 7) is 8.62. The van der Waals surface area contributed by atoms with Crippen molar-refractivity contribution in [2.75, 3.05) is 31.1 Å². The van der Waals surface area contributed by atoms with Crippen LogP contribution in [0.2, 0.25) is 0 Å². The number of aryl methyl sites for hydroxylation is 2. The predicted octanol–water partition coefficient (Wildman–Crippen LogP) is 3.32. The molecular weight excluding hydrogens is 386 g/mol. The summed E-state index contributed by atoms with van der Waals surface area (Å²) >= 11 is 0. The first-order valence-corrected chi connectivity index (χ1v) is 11.6. The molecule has 0 aromatic carbocycles. The number of nitrogens with one attached hydrogen (secondary N) is 2. The Morgan fingerprint density at radius 2 is 1.87 bits per heavy atom. The van der Waals surface area contributed by atoms with Gasteiger partial charge in [0.15, 0.2) is 0 Å². The van der Waals surface area contributed by atoms with Crippen LogP contribution in [0.3, 0.4) is 0 Å². The van der Waals surface area contributed by atoms with Gasteiger partial charge in [0.1, 0.15) is 0 Å². The van der Waals surface area contributed by atoms with Crippen LogP contribution in [0.15, 0.2) is 24.5 Å². The molecule has 2 N–H and O–H groups in total. The van der Waals surface area contributed by atoms with E-state index in [0.29, 0.717) is 11.6 Å². The standard InChI is InChI=1S/C24H33N7/c1-15-10-19(25)4-5-20(15)23-21(22-14-30(3)29-16(22)2)13-27-24(28-23)31-8-6-17-11-26-12-18(17)7-9-31/h4-5,13-15,17-18,20,25-26H,6-12H2,1-3H3. The van der Waals surface area contributed by atoms with Crippen molar-refractivity contribution in [2.45, 2.75) is 39.0 Å². The van der Waals surface area contributed by atoms with Crippen LogP contribution in [0.1, 0.15) is 43.5 Å². The molecule has 2 aliphatic heterocycles. The maximum atomic E-state index is 8.07. The Bertz CT molecular complexity index is 993. The van der Waals surface area contributed by atoms with Gasteiger partial charge in [0.25, 0.3) is 0 Å². The second-order valence-corrected chi connectivity index (χ2v) is 9.61. The van der Waals surface area contributed by atoms with Gasteiger partial charge in [-0.05, 0) is 63.1 Å². The molecule has 2 aromatic rings. The van der Waals surface area contributed by atoms with Gasteiger partial charge in [-0.1, -0.05) is 13.0 Å². The van der Waals surface area contributed by atoms with Crippen LogP contribution in [-0.4, -0.2) is 51.6 Å². The summed E-state index contributed by atoms with van der Waals surface area (Å²) in [6.07, 6.45) is 11.4. The van der Waals surface area contributed by atoms with Crippen molar-refractivity contribution >= 4 is 11.7 Å². The molecule has 4 heterocycles. The van der Waals surface area contributed by atoms with Crippen molar-refractivity contribution in [3.8, 4) is 11.1 Å². The van der Waals surface area contributed by atoms with E-state index in [4.69, 9.17) is 15.4 Å². The average Bonchev–Trinajstić information content (AvgIpc) is 3.27. The van der Waals surface area contributed by atoms with E-state index in [9.17, 15) is 0 Å². The number of anilines is 1. The average molecular weight is 420 g/mol. The van der Waals surface area contributed by atoms with E-state index in [0.717, 1.165) is 72.9 Å². The van der Waals surface area contributed by atoms with Crippen molar-refractivity contribution < 1.29 is 0 Å². The van der Waals surface area contributed by atoms with E-state index in [1.165, 1.54) is 12.8 Å². The summed E-state index contributed by atoms with van der Waals surface area (Å²) in [4.78, 5) is 12.4. The topological polar surface area (TPSA) is 82.7 Å². The fourth-order valence-corrected chi connectivity index (χ4v) is 5.59. The summed E-state index contributed by atoms with van der Waals surface area (Å²) in [5.74, 6) is 2.95. The van der Waals surface area contributed by atoms with Gasteiger partial charge in [0, 0.05) is 55.3 Å². The van der Waals surface area contributed by atoms with Crippen molar-refractivity contribution in [1.82, 2.24) is 25.1 Å². The van der Waals surface area contributed by atoms with E-state index >= 15 is 0 Å². The summed E-state index contributed by atoms with van der Waals surface area (Å²) in [5.41, 5.74) is 4.94. The molecule has 2 aromatic heterocycles. The number of nitrogens with zero attached hydrogens (tertiary/aromatic N) is 5. The molecule has 7 nitrogen and oxygen atoms in total. The zero-order valence-electron chi connectivity index (χ0n) is 18.8. The Balaban J connectivity index is 1.53. The molecule has 0 radical (unpaired) electrons. The molecule has 7 heteroatoms. The van der Waals surface area contributed by atoms with E-state index in [1.807, 2.05) is 30.9 Å². The molecular formula is C24H33N7. The molecule has 0 spiro atoms. The van der Waals surface area contributed by atoms with Crippen LogP contribution in [-0.2, 0) is 7.05 Å². The molecule has 0 amide bonds. The van der Waals surface area contributed by atoms with Crippen LogP contribution in [0.25, 0.3) is 11.1 Å². The van der Waals surface area contributed by atoms with Gasteiger partial charge < -0.3 is 15.6 Å². The first-order chi connectivity index (χ1) is 15.0. The third kappa shape index (κ3) is 3.91. The number of fused-ring (bicyclic) bond motifs is 1. The van der Waals surface area contributed by atoms with Crippen molar-refractivity contribution in [2.24, 2.45) is 24.8 Å². The SMILES string of the molecule is Cc1nn(C)cc1-c1cnc(N2CCC3CNCC3CC2)nc1C1C=CC(=N)CC1C. The van der Waals surface area contributed by atoms with Crippen molar-refractivity contribution in [3.63, 3.8) is 0 Å². The Hall–Kier alpha value is -2.54. The molecule has 4 unspecified atom stereocenters. The van der Waals surface area contributed by atoms with Crippen LogP contribution < -0.4 is 10.2 Å². The molecule has 5 rings (SSSR count). The Morgan fingerprint density at radius 1 is 1.13 bits per heavy atom. The van der Waals surface area contributed by atoms with E-state index in [-0.39, 0.29) is 5.92 Å². The van der Waals surface area contributed by atoms with Crippen molar-refractivity contribution in [1.29, 1.82) is 5.41 Å². The summed E-state index contributed by atoms with van der Waals surface area (Å²) in [5, 5.41) is 16.2. The van der Waals surface area contributed by atoms with Gasteiger partial charge >= 0.3 is 0 Å². The lowest BCUT2D eigenvalue weighted by Crippen LogP contribution is -2.28. The lowest BCUT2D eigenvalue weighted by molar-refractivity contribution is 0.409. The van der Waals surface area contributed by atoms with Gasteiger partial charge in [-0.25, -0.2) is 9.97 Å². The largest absolute Gasteiger partial charge is 0.341 e. The molecule has 164 valence electrons. The predicted molar refractivity (Wildman–Crippen MR) is 124 cm³/mol. The maximum absolute atomic E-state index is 8.07. The quantitative estimate of drug-likeness (QED) is 0.797. The lowest BCUT2D eigenvalue weighted by Gasteiger charge is -2.28. The van der Waals surface area contributed by atoms with E-state index < -0.39 is 0 Å². The normalized spacial score (nSPS) is 28.6. The monoisotopic (exact) mass is 419 g/mol. The second-order valence-electron chi connectivity index (χ2n) is 9.61. The highest BCUT2D eigenvalue weighted by Gasteiger charge is 2.32. The van der Waals surface area contributed by atoms with Gasteiger partial charge in [-0.15, -0.1) is 0 Å². The van der Waals surface area contributed by atoms with Gasteiger partial charge in [-0.3, -0.25) is 4.68 Å². The summed E-state index contributed by atoms with van der Waals surface area (Å²) < 4.78 is 1.86. The fourth-order valence-electron chi connectivity index (χ4n) is 5.59. The summed E-state index contributed by atoms with van der Waals surface area (Å²) in [7, 11) is 1.96. The zero-order chi connectivity index (χ0) is 21.5. The van der Waals surface area contributed by atoms with Crippen LogP contribution in [0.5, 0.6) is 0 Å². The third-order valence-electron chi connectivity index (χ3n) is 7.39. The van der Waals surface area contributed by atoms with E-state index in [2.05, 4.69) is 34.5 Å². The maximum Gasteiger partial charge on any atom is 0.225 e. The van der Waals surface area contributed by atoms with Crippen LogP contribution in [0, 0.1) is 30.1 Å². The number of hydrogen-bond donors (Lipinski definition) is 2. The second kappa shape index (κ2) is 8.19. The smallest absolute Gasteiger partial charge is 0.225 e. The highest BCUT2D eigenvalue weighted by molar-refractivity contribution is 5.93. The molecule has 4 atom stereocenters. The first-order valence-electron chi connectivity index (χ1n) is 11.6. The molecule has 0 saturated carbocycles. The minimum absolute atomic E-state index is 0.181. The number of allylic oxidation sites excluding steroid dienone is 2. The summed E-state index contributed by atoms with van der Waals surface area (Å²) in [6, 6.07) is 0.